The molecule has 20 heteroatoms. The summed E-state index contributed by atoms with van der Waals surface area (Å²) in [7, 11) is -4.84. The van der Waals surface area contributed by atoms with Crippen LogP contribution < -0.4 is 11.1 Å². The number of hydrogen-bond acceptors (Lipinski definition) is 14. The van der Waals surface area contributed by atoms with E-state index in [1.807, 2.05) is 6.26 Å². The van der Waals surface area contributed by atoms with Gasteiger partial charge in [-0.3, -0.25) is 23.5 Å². The number of aliphatic hydroxyl groups is 2. The SMILES string of the molecule is CSCC[C@H](NC[C@H]1O[C@@H](n2cnc3c(N)ncnc32)[C@H](O)[C@@H]1O)C(=O)O.O=C(O)CC(C(=O)O)S(=O)(=O)O. The van der Waals surface area contributed by atoms with E-state index in [9.17, 15) is 38.1 Å². The van der Waals surface area contributed by atoms with Gasteiger partial charge in [-0.25, -0.2) is 15.0 Å². The lowest BCUT2D eigenvalue weighted by molar-refractivity contribution is -0.143. The Morgan fingerprint density at radius 1 is 1.15 bits per heavy atom. The monoisotopic (exact) mass is 596 g/mol. The Hall–Kier alpha value is -3.14. The van der Waals surface area contributed by atoms with E-state index < -0.39 is 70.3 Å². The Morgan fingerprint density at radius 2 is 1.82 bits per heavy atom. The number of aromatic nitrogens is 4. The van der Waals surface area contributed by atoms with Crippen LogP contribution in [-0.2, 0) is 29.2 Å². The number of nitrogens with two attached hydrogens (primary N) is 1. The van der Waals surface area contributed by atoms with Crippen LogP contribution >= 0.6 is 11.8 Å². The summed E-state index contributed by atoms with van der Waals surface area (Å²) in [5.41, 5.74) is 6.50. The number of thioether (sulfide) groups is 1. The average Bonchev–Trinajstić information content (AvgIpc) is 3.39. The highest BCUT2D eigenvalue weighted by molar-refractivity contribution is 7.98. The van der Waals surface area contributed by atoms with Gasteiger partial charge in [-0.1, -0.05) is 0 Å². The van der Waals surface area contributed by atoms with E-state index >= 15 is 0 Å². The second kappa shape index (κ2) is 13.8. The minimum atomic E-state index is -4.84. The van der Waals surface area contributed by atoms with Crippen LogP contribution in [0, 0.1) is 0 Å². The molecule has 3 rings (SSSR count). The van der Waals surface area contributed by atoms with E-state index in [0.717, 1.165) is 0 Å². The summed E-state index contributed by atoms with van der Waals surface area (Å²) in [5.74, 6) is -3.59. The number of nitrogens with one attached hydrogen (secondary N) is 1. The van der Waals surface area contributed by atoms with Gasteiger partial charge in [0.25, 0.3) is 10.1 Å². The first kappa shape index (κ1) is 32.1. The van der Waals surface area contributed by atoms with Crippen molar-refractivity contribution >= 4 is 56.8 Å². The molecule has 9 N–H and O–H groups in total. The summed E-state index contributed by atoms with van der Waals surface area (Å²) in [4.78, 5) is 43.4. The van der Waals surface area contributed by atoms with Crippen molar-refractivity contribution < 1.29 is 57.6 Å². The fourth-order valence-electron chi connectivity index (χ4n) is 3.47. The van der Waals surface area contributed by atoms with Gasteiger partial charge in [0, 0.05) is 6.54 Å². The third-order valence-electron chi connectivity index (χ3n) is 5.47. The molecule has 3 heterocycles. The van der Waals surface area contributed by atoms with Crippen LogP contribution in [-0.4, -0.2) is 124 Å². The van der Waals surface area contributed by atoms with Crippen LogP contribution in [0.25, 0.3) is 11.2 Å². The number of fused-ring (bicyclic) bond motifs is 1. The summed E-state index contributed by atoms with van der Waals surface area (Å²) in [6.07, 6.45) is -0.301. The van der Waals surface area contributed by atoms with Crippen LogP contribution in [0.5, 0.6) is 0 Å². The molecule has 1 aliphatic rings. The number of hydrogen-bond donors (Lipinski definition) is 8. The maximum Gasteiger partial charge on any atom is 0.325 e. The van der Waals surface area contributed by atoms with Crippen molar-refractivity contribution in [3.63, 3.8) is 0 Å². The normalized spacial score (nSPS) is 22.6. The molecule has 0 aliphatic carbocycles. The summed E-state index contributed by atoms with van der Waals surface area (Å²) in [6, 6.07) is -0.758. The van der Waals surface area contributed by atoms with Gasteiger partial charge in [0.1, 0.15) is 36.2 Å². The lowest BCUT2D eigenvalue weighted by atomic mass is 10.1. The average molecular weight is 597 g/mol. The molecule has 0 aromatic carbocycles. The first-order valence-corrected chi connectivity index (χ1v) is 13.9. The smallest absolute Gasteiger partial charge is 0.325 e. The van der Waals surface area contributed by atoms with E-state index in [-0.39, 0.29) is 12.4 Å². The van der Waals surface area contributed by atoms with Gasteiger partial charge >= 0.3 is 17.9 Å². The molecule has 1 aliphatic heterocycles. The first-order chi connectivity index (χ1) is 18.2. The quantitative estimate of drug-likeness (QED) is 0.119. The topological polar surface area (TPSA) is 298 Å². The van der Waals surface area contributed by atoms with E-state index in [0.29, 0.717) is 23.3 Å². The number of nitrogen functional groups attached to an aromatic ring is 1. The summed E-state index contributed by atoms with van der Waals surface area (Å²) < 4.78 is 35.9. The van der Waals surface area contributed by atoms with E-state index in [1.165, 1.54) is 17.2 Å². The lowest BCUT2D eigenvalue weighted by Gasteiger charge is -2.19. The Balaban J connectivity index is 0.000000377. The molecule has 2 aromatic heterocycles. The van der Waals surface area contributed by atoms with E-state index in [4.69, 9.17) is 25.2 Å². The Labute approximate surface area is 225 Å². The molecule has 1 unspecified atom stereocenters. The van der Waals surface area contributed by atoms with Gasteiger partial charge in [0.2, 0.25) is 0 Å². The van der Waals surface area contributed by atoms with Crippen LogP contribution in [0.4, 0.5) is 5.82 Å². The molecule has 0 saturated carbocycles. The molecule has 1 saturated heterocycles. The molecule has 0 radical (unpaired) electrons. The van der Waals surface area contributed by atoms with Crippen molar-refractivity contribution in [1.82, 2.24) is 24.8 Å². The molecule has 1 fully saturated rings. The van der Waals surface area contributed by atoms with Crippen molar-refractivity contribution in [2.75, 3.05) is 24.3 Å². The third kappa shape index (κ3) is 8.42. The number of imidazole rings is 1. The molecular weight excluding hydrogens is 568 g/mol. The third-order valence-corrected chi connectivity index (χ3v) is 7.20. The molecule has 218 valence electrons. The van der Waals surface area contributed by atoms with Gasteiger partial charge < -0.3 is 41.3 Å². The summed E-state index contributed by atoms with van der Waals surface area (Å²) >= 11 is 1.55. The predicted octanol–water partition coefficient (Wildman–Crippen LogP) is -2.37. The van der Waals surface area contributed by atoms with Crippen molar-refractivity contribution in [3.8, 4) is 0 Å². The van der Waals surface area contributed by atoms with Gasteiger partial charge in [0.05, 0.1) is 12.7 Å². The number of carboxylic acid groups (broad SMARTS) is 3. The molecule has 0 amide bonds. The van der Waals surface area contributed by atoms with Gasteiger partial charge in [-0.2, -0.15) is 20.2 Å². The molecule has 0 spiro atoms. The number of rotatable bonds is 12. The Morgan fingerprint density at radius 3 is 2.33 bits per heavy atom. The van der Waals surface area contributed by atoms with Crippen LogP contribution in [0.15, 0.2) is 12.7 Å². The minimum Gasteiger partial charge on any atom is -0.481 e. The predicted molar refractivity (Wildman–Crippen MR) is 133 cm³/mol. The number of aliphatic hydroxyl groups excluding tert-OH is 2. The maximum absolute atomic E-state index is 11.3. The second-order valence-corrected chi connectivity index (χ2v) is 10.7. The van der Waals surface area contributed by atoms with Crippen molar-refractivity contribution in [1.29, 1.82) is 0 Å². The van der Waals surface area contributed by atoms with E-state index in [2.05, 4.69) is 20.3 Å². The number of nitrogens with zero attached hydrogens (tertiary/aromatic N) is 4. The number of ether oxygens (including phenoxy) is 1. The van der Waals surface area contributed by atoms with Crippen molar-refractivity contribution in [3.05, 3.63) is 12.7 Å². The molecular formula is C19H28N6O12S2. The molecule has 6 atom stereocenters. The highest BCUT2D eigenvalue weighted by atomic mass is 32.2. The number of carbonyl (C=O) groups is 3. The zero-order chi connectivity index (χ0) is 29.5. The highest BCUT2D eigenvalue weighted by Gasteiger charge is 2.44. The summed E-state index contributed by atoms with van der Waals surface area (Å²) in [5, 5.41) is 46.8. The van der Waals surface area contributed by atoms with Gasteiger partial charge in [-0.15, -0.1) is 0 Å². The minimum absolute atomic E-state index is 0.0732. The Kier molecular flexibility index (Phi) is 11.3. The van der Waals surface area contributed by atoms with Crippen LogP contribution in [0.1, 0.15) is 19.1 Å². The fourth-order valence-corrected chi connectivity index (χ4v) is 4.55. The second-order valence-electron chi connectivity index (χ2n) is 8.15. The van der Waals surface area contributed by atoms with Crippen molar-refractivity contribution in [2.24, 2.45) is 0 Å². The Bertz CT molecular complexity index is 1270. The van der Waals surface area contributed by atoms with Gasteiger partial charge in [-0.05, 0) is 18.4 Å². The largest absolute Gasteiger partial charge is 0.481 e. The van der Waals surface area contributed by atoms with Gasteiger partial charge in [0.15, 0.2) is 22.9 Å². The zero-order valence-electron chi connectivity index (χ0n) is 20.3. The first-order valence-electron chi connectivity index (χ1n) is 11.0. The molecule has 18 nitrogen and oxygen atoms in total. The standard InChI is InChI=1S/C15H22N6O5S.C4H6O7S/c1-27-3-2-7(15(24)25)17-4-8-10(22)11(23)14(26-8)21-6-20-9-12(16)18-5-19-13(9)21;5-3(6)1-2(4(7)8)12(9,10)11/h5-8,10-11,14,17,22-23H,2-4H2,1H3,(H,24,25)(H2,16,18,19);2H,1H2,(H,5,6)(H,7,8)(H,9,10,11)/t7-,8+,10+,11+,14+;/m0./s1. The fraction of sp³-hybridized carbons (Fsp3) is 0.579. The van der Waals surface area contributed by atoms with E-state index in [1.54, 1.807) is 11.8 Å². The van der Waals surface area contributed by atoms with Crippen LogP contribution in [0.2, 0.25) is 0 Å². The lowest BCUT2D eigenvalue weighted by Crippen LogP contribution is -2.44. The molecule has 39 heavy (non-hydrogen) atoms. The number of carboxylic acids is 3. The molecule has 0 bridgehead atoms. The summed E-state index contributed by atoms with van der Waals surface area (Å²) in [6.45, 7) is 0.0732. The number of anilines is 1. The number of aliphatic carboxylic acids is 3. The van der Waals surface area contributed by atoms with Crippen LogP contribution in [0.3, 0.4) is 0 Å². The molecule has 2 aromatic rings. The van der Waals surface area contributed by atoms with Crippen molar-refractivity contribution in [2.45, 2.75) is 48.7 Å². The highest BCUT2D eigenvalue weighted by Crippen LogP contribution is 2.31. The maximum atomic E-state index is 11.3. The zero-order valence-corrected chi connectivity index (χ0v) is 21.9.